The lowest BCUT2D eigenvalue weighted by atomic mass is 9.94. The van der Waals surface area contributed by atoms with Crippen molar-refractivity contribution in [3.05, 3.63) is 17.8 Å². The number of piperidine rings is 1. The molecule has 108 valence electrons. The quantitative estimate of drug-likeness (QED) is 0.887. The molecule has 2 rings (SSSR count). The van der Waals surface area contributed by atoms with Gasteiger partial charge in [0.2, 0.25) is 0 Å². The SMILES string of the molecule is CC(N)Cc1coc(CC2CCCN(C(C)C)C2)n1. The molecule has 4 nitrogen and oxygen atoms in total. The van der Waals surface area contributed by atoms with Crippen LogP contribution in [0.15, 0.2) is 10.7 Å². The van der Waals surface area contributed by atoms with Gasteiger partial charge in [0.15, 0.2) is 5.89 Å². The van der Waals surface area contributed by atoms with E-state index in [9.17, 15) is 0 Å². The van der Waals surface area contributed by atoms with E-state index in [4.69, 9.17) is 10.2 Å². The van der Waals surface area contributed by atoms with E-state index in [1.165, 1.54) is 25.9 Å². The molecule has 4 heteroatoms. The molecule has 0 amide bonds. The van der Waals surface area contributed by atoms with E-state index in [0.29, 0.717) is 12.0 Å². The first-order valence-corrected chi connectivity index (χ1v) is 7.47. The van der Waals surface area contributed by atoms with Crippen molar-refractivity contribution in [1.82, 2.24) is 9.88 Å². The average molecular weight is 265 g/mol. The molecule has 1 aromatic rings. The van der Waals surface area contributed by atoms with Crippen molar-refractivity contribution >= 4 is 0 Å². The molecule has 1 aliphatic rings. The molecule has 2 atom stereocenters. The number of hydrogen-bond acceptors (Lipinski definition) is 4. The molecule has 0 spiro atoms. The van der Waals surface area contributed by atoms with Crippen LogP contribution in [-0.4, -0.2) is 35.1 Å². The standard InChI is InChI=1S/C15H27N3O/c1-11(2)18-6-4-5-13(9-18)8-15-17-14(10-19-15)7-12(3)16/h10-13H,4-9,16H2,1-3H3. The molecular formula is C15H27N3O. The smallest absolute Gasteiger partial charge is 0.194 e. The third-order valence-electron chi connectivity index (χ3n) is 3.87. The van der Waals surface area contributed by atoms with Crippen LogP contribution in [-0.2, 0) is 12.8 Å². The lowest BCUT2D eigenvalue weighted by molar-refractivity contribution is 0.136. The maximum Gasteiger partial charge on any atom is 0.194 e. The first kappa shape index (κ1) is 14.5. The molecule has 2 N–H and O–H groups in total. The molecule has 1 aliphatic heterocycles. The second kappa shape index (κ2) is 6.53. The molecule has 2 heterocycles. The molecule has 1 fully saturated rings. The van der Waals surface area contributed by atoms with Crippen LogP contribution >= 0.6 is 0 Å². The fraction of sp³-hybridized carbons (Fsp3) is 0.800. The van der Waals surface area contributed by atoms with Crippen molar-refractivity contribution in [1.29, 1.82) is 0 Å². The van der Waals surface area contributed by atoms with Crippen LogP contribution in [0.2, 0.25) is 0 Å². The average Bonchev–Trinajstić information content (AvgIpc) is 2.76. The first-order chi connectivity index (χ1) is 9.04. The van der Waals surface area contributed by atoms with Crippen LogP contribution in [0.3, 0.4) is 0 Å². The highest BCUT2D eigenvalue weighted by Gasteiger charge is 2.23. The summed E-state index contributed by atoms with van der Waals surface area (Å²) >= 11 is 0. The highest BCUT2D eigenvalue weighted by Crippen LogP contribution is 2.22. The van der Waals surface area contributed by atoms with Gasteiger partial charge in [-0.25, -0.2) is 4.98 Å². The Hall–Kier alpha value is -0.870. The van der Waals surface area contributed by atoms with Crippen molar-refractivity contribution in [2.45, 2.75) is 58.5 Å². The zero-order chi connectivity index (χ0) is 13.8. The van der Waals surface area contributed by atoms with Crippen molar-refractivity contribution in [3.8, 4) is 0 Å². The van der Waals surface area contributed by atoms with Crippen molar-refractivity contribution in [2.24, 2.45) is 11.7 Å². The summed E-state index contributed by atoms with van der Waals surface area (Å²) in [6.45, 7) is 8.94. The third-order valence-corrected chi connectivity index (χ3v) is 3.87. The van der Waals surface area contributed by atoms with Gasteiger partial charge in [0.1, 0.15) is 6.26 Å². The summed E-state index contributed by atoms with van der Waals surface area (Å²) in [6.07, 6.45) is 6.10. The van der Waals surface area contributed by atoms with E-state index in [0.717, 1.165) is 24.4 Å². The lowest BCUT2D eigenvalue weighted by Gasteiger charge is -2.35. The van der Waals surface area contributed by atoms with Gasteiger partial charge >= 0.3 is 0 Å². The zero-order valence-corrected chi connectivity index (χ0v) is 12.4. The first-order valence-electron chi connectivity index (χ1n) is 7.47. The largest absolute Gasteiger partial charge is 0.449 e. The number of rotatable bonds is 5. The molecule has 1 saturated heterocycles. The van der Waals surface area contributed by atoms with Gasteiger partial charge in [0, 0.05) is 31.5 Å². The van der Waals surface area contributed by atoms with E-state index in [1.807, 2.05) is 6.92 Å². The molecule has 1 aromatic heterocycles. The molecular weight excluding hydrogens is 238 g/mol. The molecule has 19 heavy (non-hydrogen) atoms. The van der Waals surface area contributed by atoms with Gasteiger partial charge in [-0.2, -0.15) is 0 Å². The third kappa shape index (κ3) is 4.32. The summed E-state index contributed by atoms with van der Waals surface area (Å²) in [5, 5.41) is 0. The Labute approximate surface area is 116 Å². The molecule has 0 bridgehead atoms. The summed E-state index contributed by atoms with van der Waals surface area (Å²) < 4.78 is 5.58. The number of nitrogens with zero attached hydrogens (tertiary/aromatic N) is 2. The Morgan fingerprint density at radius 1 is 1.47 bits per heavy atom. The maximum absolute atomic E-state index is 5.78. The van der Waals surface area contributed by atoms with Crippen LogP contribution in [0, 0.1) is 5.92 Å². The number of aromatic nitrogens is 1. The van der Waals surface area contributed by atoms with Crippen LogP contribution in [0.5, 0.6) is 0 Å². The normalized spacial score (nSPS) is 22.9. The van der Waals surface area contributed by atoms with Crippen LogP contribution < -0.4 is 5.73 Å². The van der Waals surface area contributed by atoms with Gasteiger partial charge in [-0.15, -0.1) is 0 Å². The lowest BCUT2D eigenvalue weighted by Crippen LogP contribution is -2.40. The minimum Gasteiger partial charge on any atom is -0.449 e. The van der Waals surface area contributed by atoms with Gasteiger partial charge in [0.05, 0.1) is 5.69 Å². The predicted octanol–water partition coefficient (Wildman–Crippen LogP) is 2.23. The monoisotopic (exact) mass is 265 g/mol. The fourth-order valence-electron chi connectivity index (χ4n) is 2.85. The second-order valence-corrected chi connectivity index (χ2v) is 6.22. The van der Waals surface area contributed by atoms with Gasteiger partial charge in [-0.3, -0.25) is 0 Å². The van der Waals surface area contributed by atoms with E-state index in [2.05, 4.69) is 23.7 Å². The van der Waals surface area contributed by atoms with Crippen molar-refractivity contribution < 1.29 is 4.42 Å². The number of hydrogen-bond donors (Lipinski definition) is 1. The summed E-state index contributed by atoms with van der Waals surface area (Å²) in [6, 6.07) is 0.782. The van der Waals surface area contributed by atoms with Gasteiger partial charge < -0.3 is 15.1 Å². The number of nitrogens with two attached hydrogens (primary N) is 1. The Morgan fingerprint density at radius 3 is 2.95 bits per heavy atom. The molecule has 0 saturated carbocycles. The summed E-state index contributed by atoms with van der Waals surface area (Å²) in [5.41, 5.74) is 6.77. The van der Waals surface area contributed by atoms with Gasteiger partial charge in [0.25, 0.3) is 0 Å². The summed E-state index contributed by atoms with van der Waals surface area (Å²) in [5.74, 6) is 1.56. The van der Waals surface area contributed by atoms with Crippen LogP contribution in [0.4, 0.5) is 0 Å². The second-order valence-electron chi connectivity index (χ2n) is 6.22. The topological polar surface area (TPSA) is 55.3 Å². The fourth-order valence-corrected chi connectivity index (χ4v) is 2.85. The van der Waals surface area contributed by atoms with Crippen LogP contribution in [0.25, 0.3) is 0 Å². The Morgan fingerprint density at radius 2 is 2.26 bits per heavy atom. The zero-order valence-electron chi connectivity index (χ0n) is 12.4. The highest BCUT2D eigenvalue weighted by molar-refractivity contribution is 4.99. The van der Waals surface area contributed by atoms with Crippen LogP contribution in [0.1, 0.15) is 45.2 Å². The van der Waals surface area contributed by atoms with E-state index in [-0.39, 0.29) is 6.04 Å². The van der Waals surface area contributed by atoms with E-state index < -0.39 is 0 Å². The van der Waals surface area contributed by atoms with Gasteiger partial charge in [-0.1, -0.05) is 0 Å². The number of oxazole rings is 1. The minimum atomic E-state index is 0.143. The predicted molar refractivity (Wildman–Crippen MR) is 77.0 cm³/mol. The van der Waals surface area contributed by atoms with Crippen molar-refractivity contribution in [2.75, 3.05) is 13.1 Å². The van der Waals surface area contributed by atoms with E-state index in [1.54, 1.807) is 6.26 Å². The molecule has 0 aliphatic carbocycles. The summed E-state index contributed by atoms with van der Waals surface area (Å²) in [4.78, 5) is 7.10. The minimum absolute atomic E-state index is 0.143. The molecule has 0 aromatic carbocycles. The molecule has 2 unspecified atom stereocenters. The maximum atomic E-state index is 5.78. The summed E-state index contributed by atoms with van der Waals surface area (Å²) in [7, 11) is 0. The highest BCUT2D eigenvalue weighted by atomic mass is 16.3. The number of likely N-dealkylation sites (tertiary alicyclic amines) is 1. The van der Waals surface area contributed by atoms with Crippen molar-refractivity contribution in [3.63, 3.8) is 0 Å². The molecule has 0 radical (unpaired) electrons. The Bertz CT molecular complexity index is 386. The van der Waals surface area contributed by atoms with Gasteiger partial charge in [-0.05, 0) is 46.1 Å². The van der Waals surface area contributed by atoms with E-state index >= 15 is 0 Å². The Kier molecular flexibility index (Phi) is 4.99. The Balaban J connectivity index is 1.88.